The zero-order valence-corrected chi connectivity index (χ0v) is 16.7. The summed E-state index contributed by atoms with van der Waals surface area (Å²) in [5.74, 6) is -3.96. The third-order valence-electron chi connectivity index (χ3n) is 5.65. The van der Waals surface area contributed by atoms with Gasteiger partial charge in [0.1, 0.15) is 0 Å². The molecule has 7 nitrogen and oxygen atoms in total. The molecule has 0 radical (unpaired) electrons. The van der Waals surface area contributed by atoms with Crippen LogP contribution in [0.25, 0.3) is 0 Å². The molecule has 2 aliphatic rings. The molecule has 1 aromatic carbocycles. The second kappa shape index (κ2) is 7.66. The number of aromatic nitrogens is 2. The van der Waals surface area contributed by atoms with Gasteiger partial charge in [-0.05, 0) is 19.3 Å². The summed E-state index contributed by atoms with van der Waals surface area (Å²) in [4.78, 5) is 28.4. The smallest absolute Gasteiger partial charge is 0.314 e. The first-order chi connectivity index (χ1) is 14.2. The lowest BCUT2D eigenvalue weighted by atomic mass is 9.99. The number of amides is 3. The molecule has 2 atom stereocenters. The monoisotopic (exact) mass is 421 g/mol. The molecule has 0 bridgehead atoms. The largest absolute Gasteiger partial charge is 0.322 e. The molecule has 0 saturated carbocycles. The molecule has 1 aromatic heterocycles. The molecule has 1 saturated heterocycles. The third-order valence-corrected chi connectivity index (χ3v) is 5.65. The highest BCUT2D eigenvalue weighted by Gasteiger charge is 2.34. The van der Waals surface area contributed by atoms with E-state index in [4.69, 9.17) is 0 Å². The fraction of sp³-hybridized carbons (Fsp3) is 0.450. The third kappa shape index (κ3) is 3.61. The van der Waals surface area contributed by atoms with E-state index in [9.17, 15) is 22.8 Å². The van der Waals surface area contributed by atoms with Gasteiger partial charge < -0.3 is 15.1 Å². The lowest BCUT2D eigenvalue weighted by Gasteiger charge is -2.36. The van der Waals surface area contributed by atoms with Crippen molar-refractivity contribution in [2.45, 2.75) is 45.8 Å². The Bertz CT molecular complexity index is 985. The van der Waals surface area contributed by atoms with Crippen molar-refractivity contribution in [2.75, 3.05) is 16.8 Å². The van der Waals surface area contributed by atoms with E-state index in [0.29, 0.717) is 31.1 Å². The van der Waals surface area contributed by atoms with Crippen molar-refractivity contribution in [3.63, 3.8) is 0 Å². The highest BCUT2D eigenvalue weighted by atomic mass is 19.2. The zero-order chi connectivity index (χ0) is 21.6. The van der Waals surface area contributed by atoms with Gasteiger partial charge in [0.2, 0.25) is 5.91 Å². The Morgan fingerprint density at radius 2 is 1.87 bits per heavy atom. The summed E-state index contributed by atoms with van der Waals surface area (Å²) >= 11 is 0. The molecule has 2 aromatic rings. The van der Waals surface area contributed by atoms with Crippen LogP contribution in [0.1, 0.15) is 32.4 Å². The van der Waals surface area contributed by atoms with E-state index >= 15 is 0 Å². The number of benzene rings is 1. The van der Waals surface area contributed by atoms with Gasteiger partial charge in [-0.2, -0.15) is 5.10 Å². The number of rotatable bonds is 2. The maximum Gasteiger partial charge on any atom is 0.322 e. The number of carbonyl (C=O) groups excluding carboxylic acids is 2. The number of carbonyl (C=O) groups is 2. The minimum atomic E-state index is -1.59. The van der Waals surface area contributed by atoms with E-state index in [2.05, 4.69) is 17.3 Å². The summed E-state index contributed by atoms with van der Waals surface area (Å²) < 4.78 is 41.9. The summed E-state index contributed by atoms with van der Waals surface area (Å²) in [6.45, 7) is 5.08. The number of piperidine rings is 1. The van der Waals surface area contributed by atoms with Crippen molar-refractivity contribution in [3.8, 4) is 0 Å². The predicted molar refractivity (Wildman–Crippen MR) is 103 cm³/mol. The van der Waals surface area contributed by atoms with Crippen LogP contribution in [0.3, 0.4) is 0 Å². The Hall–Kier alpha value is -3.04. The zero-order valence-electron chi connectivity index (χ0n) is 16.7. The van der Waals surface area contributed by atoms with E-state index in [-0.39, 0.29) is 24.2 Å². The van der Waals surface area contributed by atoms with Gasteiger partial charge in [0.25, 0.3) is 0 Å². The number of hydrogen-bond donors (Lipinski definition) is 1. The van der Waals surface area contributed by atoms with Gasteiger partial charge in [-0.25, -0.2) is 18.0 Å². The summed E-state index contributed by atoms with van der Waals surface area (Å²) in [5.41, 5.74) is 1.22. The Morgan fingerprint density at radius 1 is 1.17 bits per heavy atom. The van der Waals surface area contributed by atoms with Gasteiger partial charge in [0, 0.05) is 30.8 Å². The maximum atomic E-state index is 13.5. The Kier molecular flexibility index (Phi) is 5.17. The molecule has 1 fully saturated rings. The molecule has 4 rings (SSSR count). The van der Waals surface area contributed by atoms with Crippen molar-refractivity contribution in [1.29, 1.82) is 0 Å². The van der Waals surface area contributed by atoms with Crippen LogP contribution in [-0.4, -0.2) is 39.2 Å². The summed E-state index contributed by atoms with van der Waals surface area (Å²) in [6, 6.07) is 0.629. The molecule has 0 aliphatic carbocycles. The van der Waals surface area contributed by atoms with Crippen LogP contribution in [-0.2, 0) is 17.9 Å². The lowest BCUT2D eigenvalue weighted by molar-refractivity contribution is -0.120. The van der Waals surface area contributed by atoms with Crippen LogP contribution in [0.5, 0.6) is 0 Å². The molecule has 3 heterocycles. The average molecular weight is 421 g/mol. The number of hydrogen-bond acceptors (Lipinski definition) is 3. The number of anilines is 2. The van der Waals surface area contributed by atoms with Crippen LogP contribution in [0.15, 0.2) is 18.3 Å². The first-order valence-corrected chi connectivity index (χ1v) is 9.81. The first kappa shape index (κ1) is 20.2. The van der Waals surface area contributed by atoms with Crippen molar-refractivity contribution in [3.05, 3.63) is 41.5 Å². The Balaban J connectivity index is 1.56. The van der Waals surface area contributed by atoms with Crippen LogP contribution in [0.4, 0.5) is 29.3 Å². The van der Waals surface area contributed by atoms with Gasteiger partial charge in [-0.15, -0.1) is 0 Å². The minimum Gasteiger partial charge on any atom is -0.314 e. The quantitative estimate of drug-likeness (QED) is 0.755. The fourth-order valence-corrected chi connectivity index (χ4v) is 3.95. The second-order valence-corrected chi connectivity index (χ2v) is 7.97. The van der Waals surface area contributed by atoms with Crippen LogP contribution in [0.2, 0.25) is 0 Å². The average Bonchev–Trinajstić information content (AvgIpc) is 3.09. The van der Waals surface area contributed by atoms with Crippen LogP contribution in [0, 0.1) is 23.4 Å². The van der Waals surface area contributed by atoms with Crippen LogP contribution < -0.4 is 10.2 Å². The van der Waals surface area contributed by atoms with Gasteiger partial charge in [0.15, 0.2) is 17.5 Å². The van der Waals surface area contributed by atoms with Gasteiger partial charge >= 0.3 is 6.03 Å². The topological polar surface area (TPSA) is 70.5 Å². The number of nitrogens with zero attached hydrogens (tertiary/aromatic N) is 4. The summed E-state index contributed by atoms with van der Waals surface area (Å²) in [7, 11) is 0. The van der Waals surface area contributed by atoms with Crippen LogP contribution >= 0.6 is 0 Å². The van der Waals surface area contributed by atoms with E-state index in [1.807, 2.05) is 6.92 Å². The Morgan fingerprint density at radius 3 is 2.57 bits per heavy atom. The molecule has 160 valence electrons. The molecular weight excluding hydrogens is 399 g/mol. The standard InChI is InChI=1S/C20H22F3N5O2/c1-11-3-4-18(29)27(8-11)16-7-24-28-9-12(2)26(10-17(16)28)20(30)25-13-5-14(21)19(23)15(22)6-13/h5-7,11-12H,3-4,8-10H2,1-2H3,(H,25,30)/t11?,12-/m0/s1. The number of nitrogens with one attached hydrogen (secondary N) is 1. The molecule has 10 heteroatoms. The minimum absolute atomic E-state index is 0.0239. The van der Waals surface area contributed by atoms with Gasteiger partial charge in [0.05, 0.1) is 36.7 Å². The van der Waals surface area contributed by atoms with E-state index in [1.54, 1.807) is 15.8 Å². The van der Waals surface area contributed by atoms with Gasteiger partial charge in [-0.1, -0.05) is 6.92 Å². The molecule has 2 aliphatic heterocycles. The SMILES string of the molecule is CC1CCC(=O)N(c2cnn3c2CN(C(=O)Nc2cc(F)c(F)c(F)c2)[C@@H](C)C3)C1. The van der Waals surface area contributed by atoms with E-state index < -0.39 is 23.5 Å². The fourth-order valence-electron chi connectivity index (χ4n) is 3.95. The number of fused-ring (bicyclic) bond motifs is 1. The maximum absolute atomic E-state index is 13.5. The Labute approximate surface area is 171 Å². The lowest BCUT2D eigenvalue weighted by Crippen LogP contribution is -2.47. The first-order valence-electron chi connectivity index (χ1n) is 9.81. The highest BCUT2D eigenvalue weighted by Crippen LogP contribution is 2.31. The van der Waals surface area contributed by atoms with E-state index in [0.717, 1.165) is 24.2 Å². The summed E-state index contributed by atoms with van der Waals surface area (Å²) in [5, 5.41) is 6.79. The number of urea groups is 1. The van der Waals surface area contributed by atoms with Gasteiger partial charge in [-0.3, -0.25) is 9.48 Å². The predicted octanol–water partition coefficient (Wildman–Crippen LogP) is 3.50. The van der Waals surface area contributed by atoms with Crippen molar-refractivity contribution in [2.24, 2.45) is 5.92 Å². The van der Waals surface area contributed by atoms with Crippen molar-refractivity contribution >= 4 is 23.3 Å². The molecule has 1 unspecified atom stereocenters. The number of halogens is 3. The second-order valence-electron chi connectivity index (χ2n) is 7.97. The van der Waals surface area contributed by atoms with E-state index in [1.165, 1.54) is 4.90 Å². The molecule has 1 N–H and O–H groups in total. The highest BCUT2D eigenvalue weighted by molar-refractivity contribution is 5.95. The summed E-state index contributed by atoms with van der Waals surface area (Å²) in [6.07, 6.45) is 2.95. The normalized spacial score (nSPS) is 21.6. The van der Waals surface area contributed by atoms with Crippen molar-refractivity contribution in [1.82, 2.24) is 14.7 Å². The molecule has 3 amide bonds. The molecular formula is C20H22F3N5O2. The molecule has 30 heavy (non-hydrogen) atoms. The molecule has 0 spiro atoms. The van der Waals surface area contributed by atoms with Crippen molar-refractivity contribution < 1.29 is 22.8 Å².